The fourth-order valence-electron chi connectivity index (χ4n) is 2.77. The van der Waals surface area contributed by atoms with Crippen LogP contribution < -0.4 is 10.2 Å². The van der Waals surface area contributed by atoms with Crippen molar-refractivity contribution in [2.45, 2.75) is 44.9 Å². The van der Waals surface area contributed by atoms with Gasteiger partial charge in [-0.25, -0.2) is 0 Å². The SMILES string of the molecule is CCCNC(C)c1ccc(N2CCSC(C)(C)C2)cc1Br. The van der Waals surface area contributed by atoms with Gasteiger partial charge in [-0.2, -0.15) is 11.8 Å². The summed E-state index contributed by atoms with van der Waals surface area (Å²) in [5, 5.41) is 3.55. The average Bonchev–Trinajstić information content (AvgIpc) is 2.43. The van der Waals surface area contributed by atoms with E-state index < -0.39 is 0 Å². The zero-order chi connectivity index (χ0) is 15.5. The van der Waals surface area contributed by atoms with Crippen molar-refractivity contribution in [3.05, 3.63) is 28.2 Å². The Kier molecular flexibility index (Phi) is 6.04. The van der Waals surface area contributed by atoms with E-state index >= 15 is 0 Å². The number of anilines is 1. The van der Waals surface area contributed by atoms with Crippen LogP contribution in [0, 0.1) is 0 Å². The molecule has 1 aliphatic rings. The Labute approximate surface area is 142 Å². The molecule has 0 amide bonds. The van der Waals surface area contributed by atoms with Crippen LogP contribution in [0.4, 0.5) is 5.69 Å². The molecule has 2 nitrogen and oxygen atoms in total. The highest BCUT2D eigenvalue weighted by Crippen LogP contribution is 2.34. The lowest BCUT2D eigenvalue weighted by atomic mass is 10.1. The largest absolute Gasteiger partial charge is 0.369 e. The first kappa shape index (κ1) is 17.2. The van der Waals surface area contributed by atoms with E-state index in [2.05, 4.69) is 83.8 Å². The van der Waals surface area contributed by atoms with Gasteiger partial charge in [-0.1, -0.05) is 28.9 Å². The van der Waals surface area contributed by atoms with Gasteiger partial charge in [-0.15, -0.1) is 0 Å². The van der Waals surface area contributed by atoms with Crippen LogP contribution in [0.5, 0.6) is 0 Å². The van der Waals surface area contributed by atoms with Crippen LogP contribution in [0.3, 0.4) is 0 Å². The normalized spacial score (nSPS) is 19.6. The number of nitrogens with one attached hydrogen (secondary N) is 1. The zero-order valence-corrected chi connectivity index (χ0v) is 16.0. The summed E-state index contributed by atoms with van der Waals surface area (Å²) in [7, 11) is 0. The summed E-state index contributed by atoms with van der Waals surface area (Å²) >= 11 is 5.84. The lowest BCUT2D eigenvalue weighted by molar-refractivity contribution is 0.569. The van der Waals surface area contributed by atoms with Crippen molar-refractivity contribution in [1.29, 1.82) is 0 Å². The van der Waals surface area contributed by atoms with Gasteiger partial charge in [0.2, 0.25) is 0 Å². The summed E-state index contributed by atoms with van der Waals surface area (Å²) in [5.74, 6) is 1.21. The molecular formula is C17H27BrN2S. The molecule has 1 heterocycles. The topological polar surface area (TPSA) is 15.3 Å². The second-order valence-corrected chi connectivity index (χ2v) is 9.07. The molecule has 0 radical (unpaired) electrons. The van der Waals surface area contributed by atoms with Gasteiger partial charge in [0.1, 0.15) is 0 Å². The molecule has 1 aromatic rings. The van der Waals surface area contributed by atoms with Crippen molar-refractivity contribution in [2.75, 3.05) is 30.3 Å². The van der Waals surface area contributed by atoms with E-state index in [0.29, 0.717) is 10.8 Å². The van der Waals surface area contributed by atoms with Crippen LogP contribution >= 0.6 is 27.7 Å². The lowest BCUT2D eigenvalue weighted by Crippen LogP contribution is -2.43. The number of nitrogens with zero attached hydrogens (tertiary/aromatic N) is 1. The molecule has 21 heavy (non-hydrogen) atoms. The van der Waals surface area contributed by atoms with Gasteiger partial charge in [0.05, 0.1) is 0 Å². The molecule has 0 aliphatic carbocycles. The third-order valence-electron chi connectivity index (χ3n) is 3.94. The molecule has 0 saturated carbocycles. The molecule has 2 rings (SSSR count). The van der Waals surface area contributed by atoms with E-state index in [9.17, 15) is 0 Å². The van der Waals surface area contributed by atoms with Gasteiger partial charge in [-0.05, 0) is 51.4 Å². The quantitative estimate of drug-likeness (QED) is 0.797. The minimum absolute atomic E-state index is 0.347. The average molecular weight is 371 g/mol. The Hall–Kier alpha value is -0.190. The Morgan fingerprint density at radius 3 is 2.81 bits per heavy atom. The number of hydrogen-bond donors (Lipinski definition) is 1. The molecule has 1 N–H and O–H groups in total. The fraction of sp³-hybridized carbons (Fsp3) is 0.647. The Balaban J connectivity index is 2.11. The molecule has 0 bridgehead atoms. The van der Waals surface area contributed by atoms with E-state index in [-0.39, 0.29) is 0 Å². The van der Waals surface area contributed by atoms with Crippen molar-refractivity contribution in [1.82, 2.24) is 5.32 Å². The van der Waals surface area contributed by atoms with Crippen LogP contribution in [0.1, 0.15) is 45.7 Å². The number of benzene rings is 1. The zero-order valence-electron chi connectivity index (χ0n) is 13.6. The van der Waals surface area contributed by atoms with Crippen molar-refractivity contribution in [3.8, 4) is 0 Å². The monoisotopic (exact) mass is 370 g/mol. The lowest BCUT2D eigenvalue weighted by Gasteiger charge is -2.39. The maximum Gasteiger partial charge on any atom is 0.0378 e. The van der Waals surface area contributed by atoms with Gasteiger partial charge in [0, 0.05) is 39.8 Å². The van der Waals surface area contributed by atoms with Gasteiger partial charge in [-0.3, -0.25) is 0 Å². The van der Waals surface area contributed by atoms with Crippen molar-refractivity contribution in [3.63, 3.8) is 0 Å². The smallest absolute Gasteiger partial charge is 0.0378 e. The van der Waals surface area contributed by atoms with Gasteiger partial charge in [0.25, 0.3) is 0 Å². The minimum atomic E-state index is 0.347. The number of rotatable bonds is 5. The summed E-state index contributed by atoms with van der Waals surface area (Å²) in [6, 6.07) is 7.21. The van der Waals surface area contributed by atoms with Gasteiger partial charge in [0.15, 0.2) is 0 Å². The molecule has 1 fully saturated rings. The summed E-state index contributed by atoms with van der Waals surface area (Å²) in [6.07, 6.45) is 1.17. The van der Waals surface area contributed by atoms with E-state index in [4.69, 9.17) is 0 Å². The molecular weight excluding hydrogens is 344 g/mol. The standard InChI is InChI=1S/C17H27BrN2S/c1-5-8-19-13(2)15-7-6-14(11-16(15)18)20-9-10-21-17(3,4)12-20/h6-7,11,13,19H,5,8-10,12H2,1-4H3. The van der Waals surface area contributed by atoms with E-state index in [1.54, 1.807) is 0 Å². The van der Waals surface area contributed by atoms with Crippen LogP contribution in [0.2, 0.25) is 0 Å². The second kappa shape index (κ2) is 7.38. The highest BCUT2D eigenvalue weighted by molar-refractivity contribution is 9.10. The van der Waals surface area contributed by atoms with Crippen LogP contribution in [-0.4, -0.2) is 30.1 Å². The first-order valence-electron chi connectivity index (χ1n) is 7.84. The molecule has 1 saturated heterocycles. The van der Waals surface area contributed by atoms with Crippen LogP contribution in [0.25, 0.3) is 0 Å². The fourth-order valence-corrected chi connectivity index (χ4v) is 4.59. The summed E-state index contributed by atoms with van der Waals surface area (Å²) in [5.41, 5.74) is 2.68. The summed E-state index contributed by atoms with van der Waals surface area (Å²) < 4.78 is 1.56. The molecule has 0 spiro atoms. The van der Waals surface area contributed by atoms with Crippen LogP contribution in [0.15, 0.2) is 22.7 Å². The predicted octanol–water partition coefficient (Wildman–Crippen LogP) is 4.84. The van der Waals surface area contributed by atoms with E-state index in [0.717, 1.165) is 19.6 Å². The number of hydrogen-bond acceptors (Lipinski definition) is 3. The third-order valence-corrected chi connectivity index (χ3v) is 5.93. The summed E-state index contributed by atoms with van der Waals surface area (Å²) in [6.45, 7) is 12.4. The van der Waals surface area contributed by atoms with Gasteiger partial charge < -0.3 is 10.2 Å². The Bertz CT molecular complexity index is 476. The molecule has 1 aromatic carbocycles. The third kappa shape index (κ3) is 4.64. The second-order valence-electron chi connectivity index (χ2n) is 6.41. The maximum absolute atomic E-state index is 3.76. The molecule has 0 aromatic heterocycles. The summed E-state index contributed by atoms with van der Waals surface area (Å²) in [4.78, 5) is 2.51. The van der Waals surface area contributed by atoms with Crippen LogP contribution in [-0.2, 0) is 0 Å². The van der Waals surface area contributed by atoms with Crippen molar-refractivity contribution >= 4 is 33.4 Å². The van der Waals surface area contributed by atoms with E-state index in [1.165, 1.54) is 27.9 Å². The van der Waals surface area contributed by atoms with Crippen molar-refractivity contribution < 1.29 is 0 Å². The highest BCUT2D eigenvalue weighted by atomic mass is 79.9. The Morgan fingerprint density at radius 1 is 1.43 bits per heavy atom. The molecule has 4 heteroatoms. The molecule has 118 valence electrons. The number of halogens is 1. The Morgan fingerprint density at radius 2 is 2.19 bits per heavy atom. The first-order valence-corrected chi connectivity index (χ1v) is 9.62. The predicted molar refractivity (Wildman–Crippen MR) is 99.6 cm³/mol. The van der Waals surface area contributed by atoms with Gasteiger partial charge >= 0.3 is 0 Å². The number of thioether (sulfide) groups is 1. The minimum Gasteiger partial charge on any atom is -0.369 e. The molecule has 1 aliphatic heterocycles. The highest BCUT2D eigenvalue weighted by Gasteiger charge is 2.27. The first-order chi connectivity index (χ1) is 9.93. The molecule has 1 atom stereocenters. The van der Waals surface area contributed by atoms with Crippen molar-refractivity contribution in [2.24, 2.45) is 0 Å². The maximum atomic E-state index is 3.76. The van der Waals surface area contributed by atoms with E-state index in [1.807, 2.05) is 0 Å². The molecule has 1 unspecified atom stereocenters.